The van der Waals surface area contributed by atoms with E-state index in [0.717, 1.165) is 40.2 Å². The van der Waals surface area contributed by atoms with E-state index in [-0.39, 0.29) is 5.41 Å². The third-order valence-corrected chi connectivity index (χ3v) is 14.4. The number of rotatable bonds is 2. The fourth-order valence-corrected chi connectivity index (χ4v) is 12.8. The maximum atomic E-state index is 6.43. The van der Waals surface area contributed by atoms with E-state index in [1.165, 1.54) is 103 Å². The first-order valence-electron chi connectivity index (χ1n) is 19.8. The Labute approximate surface area is 308 Å². The maximum absolute atomic E-state index is 6.43. The molecule has 0 unspecified atom stereocenters. The quantitative estimate of drug-likeness (QED) is 0.166. The van der Waals surface area contributed by atoms with Gasteiger partial charge in [0.1, 0.15) is 11.2 Å². The van der Waals surface area contributed by atoms with Crippen LogP contribution >= 0.6 is 0 Å². The Morgan fingerprint density at radius 1 is 0.415 bits per heavy atom. The van der Waals surface area contributed by atoms with Gasteiger partial charge in [-0.2, -0.15) is 0 Å². The van der Waals surface area contributed by atoms with Gasteiger partial charge in [0.2, 0.25) is 0 Å². The Morgan fingerprint density at radius 2 is 1.02 bits per heavy atom. The summed E-state index contributed by atoms with van der Waals surface area (Å²) in [6, 6.07) is 55.1. The number of hydrogen-bond acceptors (Lipinski definition) is 1. The van der Waals surface area contributed by atoms with Gasteiger partial charge in [0, 0.05) is 16.2 Å². The lowest BCUT2D eigenvalue weighted by molar-refractivity contribution is -0.0399. The predicted molar refractivity (Wildman–Crippen MR) is 220 cm³/mol. The summed E-state index contributed by atoms with van der Waals surface area (Å²) >= 11 is 0. The molecule has 0 amide bonds. The van der Waals surface area contributed by atoms with Gasteiger partial charge in [-0.25, -0.2) is 0 Å². The SMILES string of the molecule is c1ccc2c(c1)-c1c(ccc3cccc(-c4c5ccccc5c(-c5ccc6c(c5)oc5ccccc56)c5ccccc45)c13)C21C2CC3CC(C2)CC1C3. The molecule has 8 aromatic carbocycles. The molecule has 53 heavy (non-hydrogen) atoms. The largest absolute Gasteiger partial charge is 0.456 e. The van der Waals surface area contributed by atoms with Crippen molar-refractivity contribution in [2.24, 2.45) is 23.7 Å². The number of benzene rings is 8. The van der Waals surface area contributed by atoms with Crippen LogP contribution in [0.15, 0.2) is 150 Å². The van der Waals surface area contributed by atoms with Gasteiger partial charge in [0.15, 0.2) is 0 Å². The molecule has 4 bridgehead atoms. The summed E-state index contributed by atoms with van der Waals surface area (Å²) in [6.45, 7) is 0. The number of fused-ring (bicyclic) bond motifs is 10. The molecule has 1 spiro atoms. The Bertz CT molecular complexity index is 2940. The lowest BCUT2D eigenvalue weighted by Crippen LogP contribution is -2.55. The lowest BCUT2D eigenvalue weighted by Gasteiger charge is -2.61. The fraction of sp³-hybridized carbons (Fsp3) is 0.192. The van der Waals surface area contributed by atoms with Crippen molar-refractivity contribution < 1.29 is 4.42 Å². The summed E-state index contributed by atoms with van der Waals surface area (Å²) in [7, 11) is 0. The minimum Gasteiger partial charge on any atom is -0.456 e. The number of para-hydroxylation sites is 1. The van der Waals surface area contributed by atoms with Crippen LogP contribution in [0.5, 0.6) is 0 Å². The highest BCUT2D eigenvalue weighted by atomic mass is 16.3. The van der Waals surface area contributed by atoms with Gasteiger partial charge in [-0.15, -0.1) is 0 Å². The molecule has 9 aromatic rings. The van der Waals surface area contributed by atoms with Gasteiger partial charge in [-0.1, -0.05) is 127 Å². The molecule has 5 aliphatic rings. The maximum Gasteiger partial charge on any atom is 0.136 e. The highest BCUT2D eigenvalue weighted by Crippen LogP contribution is 2.70. The minimum absolute atomic E-state index is 0.143. The number of furan rings is 1. The summed E-state index contributed by atoms with van der Waals surface area (Å²) in [4.78, 5) is 0. The average molecular weight is 679 g/mol. The zero-order valence-corrected chi connectivity index (χ0v) is 29.6. The zero-order valence-electron chi connectivity index (χ0n) is 29.6. The van der Waals surface area contributed by atoms with Gasteiger partial charge >= 0.3 is 0 Å². The molecule has 4 saturated carbocycles. The fourth-order valence-electron chi connectivity index (χ4n) is 12.8. The van der Waals surface area contributed by atoms with Crippen LogP contribution in [0, 0.1) is 23.7 Å². The Morgan fingerprint density at radius 3 is 1.75 bits per heavy atom. The summed E-state index contributed by atoms with van der Waals surface area (Å²) in [5.74, 6) is 3.35. The predicted octanol–water partition coefficient (Wildman–Crippen LogP) is 14.1. The molecule has 0 saturated heterocycles. The standard InChI is InChI=1S/C52H38O/c1-3-14-40-38(12-1)48(33-20-22-37-36-11-6-8-19-46(36)53-47(37)29-33)39-13-2-4-15-41(39)50(40)43-17-9-10-32-21-23-45-51(49(32)43)42-16-5-7-18-44(42)52(45)34-25-30-24-31(27-34)28-35(52)26-30/h1-23,29-31,34-35H,24-28H2. The third kappa shape index (κ3) is 3.63. The molecule has 0 atom stereocenters. The molecular formula is C52H38O. The van der Waals surface area contributed by atoms with Gasteiger partial charge in [0.05, 0.1) is 0 Å². The normalized spacial score (nSPS) is 23.9. The van der Waals surface area contributed by atoms with Crippen molar-refractivity contribution in [2.45, 2.75) is 37.5 Å². The van der Waals surface area contributed by atoms with Crippen LogP contribution in [0.1, 0.15) is 43.2 Å². The monoisotopic (exact) mass is 678 g/mol. The number of hydrogen-bond donors (Lipinski definition) is 0. The van der Waals surface area contributed by atoms with Crippen molar-refractivity contribution in [3.63, 3.8) is 0 Å². The van der Waals surface area contributed by atoms with Crippen molar-refractivity contribution in [1.29, 1.82) is 0 Å². The molecule has 1 nitrogen and oxygen atoms in total. The summed E-state index contributed by atoms with van der Waals surface area (Å²) < 4.78 is 6.43. The van der Waals surface area contributed by atoms with Crippen molar-refractivity contribution in [2.75, 3.05) is 0 Å². The molecule has 1 heteroatoms. The second-order valence-electron chi connectivity index (χ2n) is 16.8. The summed E-state index contributed by atoms with van der Waals surface area (Å²) in [5.41, 5.74) is 13.4. The smallest absolute Gasteiger partial charge is 0.136 e. The summed E-state index contributed by atoms with van der Waals surface area (Å²) in [6.07, 6.45) is 7.07. The van der Waals surface area contributed by atoms with Crippen molar-refractivity contribution >= 4 is 54.3 Å². The molecule has 1 aromatic heterocycles. The first kappa shape index (κ1) is 28.9. The average Bonchev–Trinajstić information content (AvgIpc) is 3.72. The van der Waals surface area contributed by atoms with E-state index in [2.05, 4.69) is 146 Å². The van der Waals surface area contributed by atoms with E-state index in [4.69, 9.17) is 4.42 Å². The summed E-state index contributed by atoms with van der Waals surface area (Å²) in [5, 5.41) is 10.2. The van der Waals surface area contributed by atoms with Gasteiger partial charge in [-0.05, 0) is 151 Å². The molecule has 4 fully saturated rings. The van der Waals surface area contributed by atoms with E-state index in [1.54, 1.807) is 11.1 Å². The van der Waals surface area contributed by atoms with Crippen LogP contribution in [-0.4, -0.2) is 0 Å². The van der Waals surface area contributed by atoms with Gasteiger partial charge in [-0.3, -0.25) is 0 Å². The van der Waals surface area contributed by atoms with Crippen molar-refractivity contribution in [3.05, 3.63) is 157 Å². The molecule has 5 aliphatic carbocycles. The molecule has 0 N–H and O–H groups in total. The third-order valence-electron chi connectivity index (χ3n) is 14.4. The molecule has 14 rings (SSSR count). The Hall–Kier alpha value is -5.66. The van der Waals surface area contributed by atoms with Crippen LogP contribution in [-0.2, 0) is 5.41 Å². The van der Waals surface area contributed by atoms with Gasteiger partial charge in [0.25, 0.3) is 0 Å². The van der Waals surface area contributed by atoms with E-state index in [9.17, 15) is 0 Å². The van der Waals surface area contributed by atoms with Crippen LogP contribution in [0.25, 0.3) is 87.6 Å². The van der Waals surface area contributed by atoms with Crippen LogP contribution in [0.2, 0.25) is 0 Å². The minimum atomic E-state index is 0.143. The van der Waals surface area contributed by atoms with E-state index >= 15 is 0 Å². The first-order chi connectivity index (χ1) is 26.3. The first-order valence-corrected chi connectivity index (χ1v) is 19.8. The zero-order chi connectivity index (χ0) is 34.4. The molecular weight excluding hydrogens is 641 g/mol. The topological polar surface area (TPSA) is 13.1 Å². The van der Waals surface area contributed by atoms with Crippen LogP contribution < -0.4 is 0 Å². The second kappa shape index (κ2) is 10.3. The second-order valence-corrected chi connectivity index (χ2v) is 16.8. The highest BCUT2D eigenvalue weighted by molar-refractivity contribution is 6.25. The van der Waals surface area contributed by atoms with Crippen LogP contribution in [0.4, 0.5) is 0 Å². The van der Waals surface area contributed by atoms with E-state index in [1.807, 2.05) is 0 Å². The molecule has 1 heterocycles. The lowest BCUT2D eigenvalue weighted by atomic mass is 9.43. The van der Waals surface area contributed by atoms with E-state index in [0.29, 0.717) is 0 Å². The van der Waals surface area contributed by atoms with Crippen molar-refractivity contribution in [1.82, 2.24) is 0 Å². The molecule has 0 radical (unpaired) electrons. The van der Waals surface area contributed by atoms with Gasteiger partial charge < -0.3 is 4.42 Å². The Balaban J connectivity index is 1.12. The molecule has 252 valence electrons. The van der Waals surface area contributed by atoms with E-state index < -0.39 is 0 Å². The Kier molecular flexibility index (Phi) is 5.59. The van der Waals surface area contributed by atoms with Crippen molar-refractivity contribution in [3.8, 4) is 33.4 Å². The highest BCUT2D eigenvalue weighted by Gasteiger charge is 2.61. The van der Waals surface area contributed by atoms with Crippen LogP contribution in [0.3, 0.4) is 0 Å². The molecule has 0 aliphatic heterocycles.